The molecule has 1 aromatic heterocycles. The monoisotopic (exact) mass is 329 g/mol. The lowest BCUT2D eigenvalue weighted by Gasteiger charge is -2.25. The molecule has 0 aliphatic heterocycles. The van der Waals surface area contributed by atoms with E-state index in [0.717, 1.165) is 48.7 Å². The molecule has 1 heterocycles. The summed E-state index contributed by atoms with van der Waals surface area (Å²) in [5, 5.41) is 3.40. The summed E-state index contributed by atoms with van der Waals surface area (Å²) in [5.41, 5.74) is 0.179. The Hall–Kier alpha value is -0.680. The number of hydrogen-bond acceptors (Lipinski definition) is 4. The fraction of sp³-hybridized carbons (Fsp3) is 0.714. The third-order valence-electron chi connectivity index (χ3n) is 2.95. The van der Waals surface area contributed by atoms with Gasteiger partial charge in [0.25, 0.3) is 0 Å². The van der Waals surface area contributed by atoms with Crippen LogP contribution >= 0.6 is 15.9 Å². The van der Waals surface area contributed by atoms with Crippen molar-refractivity contribution in [3.63, 3.8) is 0 Å². The SMILES string of the molecule is CCCc1nc(Br)cc(NCC(C)(C)CCOC)n1. The van der Waals surface area contributed by atoms with Gasteiger partial charge in [0.1, 0.15) is 16.2 Å². The quantitative estimate of drug-likeness (QED) is 0.739. The maximum absolute atomic E-state index is 5.14. The lowest BCUT2D eigenvalue weighted by Crippen LogP contribution is -2.25. The van der Waals surface area contributed by atoms with Gasteiger partial charge in [0.2, 0.25) is 0 Å². The minimum absolute atomic E-state index is 0.179. The van der Waals surface area contributed by atoms with Gasteiger partial charge in [-0.15, -0.1) is 0 Å². The van der Waals surface area contributed by atoms with Crippen molar-refractivity contribution in [3.05, 3.63) is 16.5 Å². The number of aryl methyl sites for hydroxylation is 1. The van der Waals surface area contributed by atoms with Crippen LogP contribution in [0.25, 0.3) is 0 Å². The van der Waals surface area contributed by atoms with E-state index in [9.17, 15) is 0 Å². The van der Waals surface area contributed by atoms with Crippen LogP contribution in [0.2, 0.25) is 0 Å². The number of ether oxygens (including phenoxy) is 1. The van der Waals surface area contributed by atoms with E-state index in [2.05, 4.69) is 52.0 Å². The fourth-order valence-electron chi connectivity index (χ4n) is 1.69. The molecular weight excluding hydrogens is 306 g/mol. The highest BCUT2D eigenvalue weighted by Gasteiger charge is 2.17. The zero-order valence-corrected chi connectivity index (χ0v) is 13.9. The number of anilines is 1. The predicted molar refractivity (Wildman–Crippen MR) is 82.5 cm³/mol. The molecule has 4 nitrogen and oxygen atoms in total. The molecule has 19 heavy (non-hydrogen) atoms. The van der Waals surface area contributed by atoms with Gasteiger partial charge in [0.15, 0.2) is 0 Å². The van der Waals surface area contributed by atoms with Gasteiger partial charge in [0, 0.05) is 32.7 Å². The van der Waals surface area contributed by atoms with E-state index in [1.807, 2.05) is 6.07 Å². The Kier molecular flexibility index (Phi) is 6.72. The Morgan fingerprint density at radius 1 is 1.37 bits per heavy atom. The van der Waals surface area contributed by atoms with Gasteiger partial charge in [-0.1, -0.05) is 20.8 Å². The van der Waals surface area contributed by atoms with E-state index in [1.54, 1.807) is 7.11 Å². The molecular formula is C14H24BrN3O. The summed E-state index contributed by atoms with van der Waals surface area (Å²) in [6.07, 6.45) is 2.97. The lowest BCUT2D eigenvalue weighted by atomic mass is 9.90. The highest BCUT2D eigenvalue weighted by atomic mass is 79.9. The highest BCUT2D eigenvalue weighted by Crippen LogP contribution is 2.21. The Labute approximate surface area is 124 Å². The third-order valence-corrected chi connectivity index (χ3v) is 3.35. The molecule has 108 valence electrons. The molecule has 0 aliphatic rings. The molecule has 1 aromatic rings. The van der Waals surface area contributed by atoms with Crippen molar-refractivity contribution in [1.29, 1.82) is 0 Å². The van der Waals surface area contributed by atoms with E-state index in [4.69, 9.17) is 4.74 Å². The van der Waals surface area contributed by atoms with E-state index < -0.39 is 0 Å². The molecule has 0 aromatic carbocycles. The van der Waals surface area contributed by atoms with Crippen LogP contribution in [-0.2, 0) is 11.2 Å². The molecule has 1 N–H and O–H groups in total. The van der Waals surface area contributed by atoms with Crippen LogP contribution < -0.4 is 5.32 Å². The standard InChI is InChI=1S/C14H24BrN3O/c1-5-6-12-17-11(15)9-13(18-12)16-10-14(2,3)7-8-19-4/h9H,5-8,10H2,1-4H3,(H,16,17,18). The van der Waals surface area contributed by atoms with Gasteiger partial charge in [-0.2, -0.15) is 0 Å². The number of aromatic nitrogens is 2. The summed E-state index contributed by atoms with van der Waals surface area (Å²) < 4.78 is 5.98. The summed E-state index contributed by atoms with van der Waals surface area (Å²) in [4.78, 5) is 8.89. The third kappa shape index (κ3) is 6.34. The first-order valence-electron chi connectivity index (χ1n) is 6.73. The average Bonchev–Trinajstić information content (AvgIpc) is 2.34. The zero-order valence-electron chi connectivity index (χ0n) is 12.3. The van der Waals surface area contributed by atoms with Crippen molar-refractivity contribution in [3.8, 4) is 0 Å². The molecule has 0 spiro atoms. The summed E-state index contributed by atoms with van der Waals surface area (Å²) in [7, 11) is 1.74. The summed E-state index contributed by atoms with van der Waals surface area (Å²) in [5.74, 6) is 1.77. The highest BCUT2D eigenvalue weighted by molar-refractivity contribution is 9.10. The molecule has 0 unspecified atom stereocenters. The number of rotatable bonds is 8. The van der Waals surface area contributed by atoms with E-state index >= 15 is 0 Å². The Bertz CT molecular complexity index is 396. The van der Waals surface area contributed by atoms with Gasteiger partial charge in [-0.25, -0.2) is 9.97 Å². The number of hydrogen-bond donors (Lipinski definition) is 1. The second kappa shape index (κ2) is 7.80. The zero-order chi connectivity index (χ0) is 14.3. The first kappa shape index (κ1) is 16.4. The topological polar surface area (TPSA) is 47.0 Å². The second-order valence-corrected chi connectivity index (χ2v) is 6.32. The molecule has 0 radical (unpaired) electrons. The van der Waals surface area contributed by atoms with Crippen LogP contribution in [-0.4, -0.2) is 30.2 Å². The van der Waals surface area contributed by atoms with Crippen molar-refractivity contribution >= 4 is 21.7 Å². The number of nitrogens with one attached hydrogen (secondary N) is 1. The molecule has 0 atom stereocenters. The maximum atomic E-state index is 5.14. The molecule has 0 amide bonds. The van der Waals surface area contributed by atoms with Gasteiger partial charge in [-0.3, -0.25) is 0 Å². The van der Waals surface area contributed by atoms with E-state index in [1.165, 1.54) is 0 Å². The largest absolute Gasteiger partial charge is 0.385 e. The van der Waals surface area contributed by atoms with Crippen LogP contribution in [0.15, 0.2) is 10.7 Å². The molecule has 0 aliphatic carbocycles. The first-order valence-corrected chi connectivity index (χ1v) is 7.52. The maximum Gasteiger partial charge on any atom is 0.132 e. The van der Waals surface area contributed by atoms with Crippen LogP contribution in [0.3, 0.4) is 0 Å². The van der Waals surface area contributed by atoms with E-state index in [-0.39, 0.29) is 5.41 Å². The van der Waals surface area contributed by atoms with Gasteiger partial charge in [0.05, 0.1) is 0 Å². The van der Waals surface area contributed by atoms with Gasteiger partial charge >= 0.3 is 0 Å². The van der Waals surface area contributed by atoms with Gasteiger partial charge in [-0.05, 0) is 34.2 Å². The number of nitrogens with zero attached hydrogens (tertiary/aromatic N) is 2. The minimum atomic E-state index is 0.179. The van der Waals surface area contributed by atoms with Crippen LogP contribution in [0.5, 0.6) is 0 Å². The van der Waals surface area contributed by atoms with Crippen LogP contribution in [0, 0.1) is 5.41 Å². The summed E-state index contributed by atoms with van der Waals surface area (Å²) in [6, 6.07) is 1.92. The summed E-state index contributed by atoms with van der Waals surface area (Å²) >= 11 is 3.43. The number of methoxy groups -OCH3 is 1. The lowest BCUT2D eigenvalue weighted by molar-refractivity contribution is 0.157. The van der Waals surface area contributed by atoms with E-state index in [0.29, 0.717) is 0 Å². The Morgan fingerprint density at radius 2 is 2.11 bits per heavy atom. The molecule has 0 bridgehead atoms. The number of halogens is 1. The predicted octanol–water partition coefficient (Wildman–Crippen LogP) is 3.67. The smallest absolute Gasteiger partial charge is 0.132 e. The van der Waals surface area contributed by atoms with Crippen molar-refractivity contribution in [2.75, 3.05) is 25.6 Å². The normalized spacial score (nSPS) is 11.6. The Morgan fingerprint density at radius 3 is 2.74 bits per heavy atom. The van der Waals surface area contributed by atoms with Crippen molar-refractivity contribution in [2.24, 2.45) is 5.41 Å². The first-order chi connectivity index (χ1) is 8.96. The minimum Gasteiger partial charge on any atom is -0.385 e. The van der Waals surface area contributed by atoms with Crippen molar-refractivity contribution < 1.29 is 4.74 Å². The molecule has 0 saturated carbocycles. The molecule has 1 rings (SSSR count). The Balaban J connectivity index is 2.61. The molecule has 0 saturated heterocycles. The second-order valence-electron chi connectivity index (χ2n) is 5.50. The van der Waals surface area contributed by atoms with Crippen LogP contribution in [0.1, 0.15) is 39.4 Å². The summed E-state index contributed by atoms with van der Waals surface area (Å²) in [6.45, 7) is 8.23. The van der Waals surface area contributed by atoms with Crippen LogP contribution in [0.4, 0.5) is 5.82 Å². The van der Waals surface area contributed by atoms with Crippen molar-refractivity contribution in [1.82, 2.24) is 9.97 Å². The fourth-order valence-corrected chi connectivity index (χ4v) is 2.11. The average molecular weight is 330 g/mol. The van der Waals surface area contributed by atoms with Crippen molar-refractivity contribution in [2.45, 2.75) is 40.0 Å². The molecule has 0 fully saturated rings. The van der Waals surface area contributed by atoms with Gasteiger partial charge < -0.3 is 10.1 Å². The molecule has 5 heteroatoms.